The molecule has 0 radical (unpaired) electrons. The van der Waals surface area contributed by atoms with Crippen molar-refractivity contribution in [1.82, 2.24) is 23.9 Å². The normalized spacial score (nSPS) is 17.7. The first kappa shape index (κ1) is 18.8. The Morgan fingerprint density at radius 2 is 1.75 bits per heavy atom. The molecule has 4 rings (SSSR count). The van der Waals surface area contributed by atoms with E-state index in [0.717, 1.165) is 55.2 Å². The highest BCUT2D eigenvalue weighted by molar-refractivity contribution is 7.99. The number of nitriles is 1. The monoisotopic (exact) mass is 401 g/mol. The van der Waals surface area contributed by atoms with Crippen LogP contribution in [0.25, 0.3) is 0 Å². The third-order valence-electron chi connectivity index (χ3n) is 5.54. The summed E-state index contributed by atoms with van der Waals surface area (Å²) < 4.78 is 4.40. The lowest BCUT2D eigenvalue weighted by atomic mass is 10.00. The maximum atomic E-state index is 12.4. The number of aromatic nitrogens is 5. The summed E-state index contributed by atoms with van der Waals surface area (Å²) in [7, 11) is 2.94. The number of hydrogen-bond donors (Lipinski definition) is 0. The Morgan fingerprint density at radius 3 is 2.36 bits per heavy atom. The number of anilines is 1. The van der Waals surface area contributed by atoms with Crippen molar-refractivity contribution in [2.24, 2.45) is 20.0 Å². The van der Waals surface area contributed by atoms with Crippen LogP contribution in [0.2, 0.25) is 0 Å². The SMILES string of the molecule is CC1CCN(c2nnc(Sc3c(C#N)c(=O)n(C)c(=O)n3C)n2C2CC2)CC1. The lowest BCUT2D eigenvalue weighted by Crippen LogP contribution is -2.39. The van der Waals surface area contributed by atoms with E-state index in [4.69, 9.17) is 0 Å². The molecule has 1 saturated heterocycles. The molecule has 0 unspecified atom stereocenters. The number of piperidine rings is 1. The van der Waals surface area contributed by atoms with Crippen molar-refractivity contribution in [3.05, 3.63) is 26.4 Å². The van der Waals surface area contributed by atoms with Gasteiger partial charge >= 0.3 is 5.69 Å². The molecular weight excluding hydrogens is 378 g/mol. The van der Waals surface area contributed by atoms with Gasteiger partial charge < -0.3 is 4.90 Å². The third-order valence-corrected chi connectivity index (χ3v) is 6.67. The van der Waals surface area contributed by atoms with Crippen LogP contribution in [0.3, 0.4) is 0 Å². The highest BCUT2D eigenvalue weighted by Gasteiger charge is 2.33. The minimum atomic E-state index is -0.587. The Morgan fingerprint density at radius 1 is 1.07 bits per heavy atom. The number of hydrogen-bond acceptors (Lipinski definition) is 7. The van der Waals surface area contributed by atoms with E-state index in [0.29, 0.717) is 16.2 Å². The summed E-state index contributed by atoms with van der Waals surface area (Å²) in [6.45, 7) is 4.17. The van der Waals surface area contributed by atoms with Crippen LogP contribution in [0.4, 0.5) is 5.95 Å². The zero-order valence-electron chi connectivity index (χ0n) is 16.3. The maximum absolute atomic E-state index is 12.4. The molecule has 10 heteroatoms. The zero-order chi connectivity index (χ0) is 20.0. The maximum Gasteiger partial charge on any atom is 0.331 e. The van der Waals surface area contributed by atoms with E-state index in [2.05, 4.69) is 26.6 Å². The van der Waals surface area contributed by atoms with E-state index in [1.54, 1.807) is 7.05 Å². The molecule has 1 aliphatic heterocycles. The van der Waals surface area contributed by atoms with E-state index in [1.807, 2.05) is 6.07 Å². The van der Waals surface area contributed by atoms with E-state index >= 15 is 0 Å². The van der Waals surface area contributed by atoms with Gasteiger partial charge in [-0.2, -0.15) is 5.26 Å². The lowest BCUT2D eigenvalue weighted by molar-refractivity contribution is 0.429. The summed E-state index contributed by atoms with van der Waals surface area (Å²) in [5, 5.41) is 19.2. The Hall–Kier alpha value is -2.54. The topological polar surface area (TPSA) is 102 Å². The second kappa shape index (κ2) is 7.13. The second-order valence-electron chi connectivity index (χ2n) is 7.65. The Kier molecular flexibility index (Phi) is 4.79. The summed E-state index contributed by atoms with van der Waals surface area (Å²) in [5.74, 6) is 1.57. The first-order valence-electron chi connectivity index (χ1n) is 9.50. The van der Waals surface area contributed by atoms with Crippen LogP contribution in [0, 0.1) is 17.2 Å². The van der Waals surface area contributed by atoms with Crippen molar-refractivity contribution in [1.29, 1.82) is 5.26 Å². The number of rotatable bonds is 4. The summed E-state index contributed by atoms with van der Waals surface area (Å²) in [6, 6.07) is 2.28. The molecule has 148 valence electrons. The molecule has 1 aliphatic carbocycles. The third kappa shape index (κ3) is 3.13. The minimum Gasteiger partial charge on any atom is -0.341 e. The van der Waals surface area contributed by atoms with Crippen LogP contribution in [0.15, 0.2) is 19.8 Å². The highest BCUT2D eigenvalue weighted by Crippen LogP contribution is 2.42. The van der Waals surface area contributed by atoms with Crippen LogP contribution < -0.4 is 16.1 Å². The fraction of sp³-hybridized carbons (Fsp3) is 0.611. The standard InChI is InChI=1S/C18H23N7O2S/c1-11-6-8-24(9-7-11)16-20-21-17(25(16)12-4-5-12)28-15-13(10-19)14(26)22(2)18(27)23(15)3/h11-12H,4-9H2,1-3H3. The summed E-state index contributed by atoms with van der Waals surface area (Å²) >= 11 is 1.17. The van der Waals surface area contributed by atoms with Gasteiger partial charge in [-0.3, -0.25) is 18.5 Å². The van der Waals surface area contributed by atoms with Gasteiger partial charge in [-0.1, -0.05) is 6.92 Å². The average molecular weight is 401 g/mol. The first-order valence-corrected chi connectivity index (χ1v) is 10.3. The molecular formula is C18H23N7O2S. The summed E-state index contributed by atoms with van der Waals surface area (Å²) in [5.41, 5.74) is -1.10. The van der Waals surface area contributed by atoms with E-state index < -0.39 is 11.2 Å². The van der Waals surface area contributed by atoms with Crippen molar-refractivity contribution in [3.63, 3.8) is 0 Å². The quantitative estimate of drug-likeness (QED) is 0.711. The second-order valence-corrected chi connectivity index (χ2v) is 8.61. The first-order chi connectivity index (χ1) is 13.4. The molecule has 3 heterocycles. The average Bonchev–Trinajstić information content (AvgIpc) is 3.45. The van der Waals surface area contributed by atoms with E-state index in [9.17, 15) is 14.9 Å². The van der Waals surface area contributed by atoms with E-state index in [1.165, 1.54) is 23.4 Å². The molecule has 0 amide bonds. The lowest BCUT2D eigenvalue weighted by Gasteiger charge is -2.31. The van der Waals surface area contributed by atoms with Crippen LogP contribution in [-0.4, -0.2) is 37.0 Å². The smallest absolute Gasteiger partial charge is 0.331 e. The molecule has 2 aromatic heterocycles. The van der Waals surface area contributed by atoms with Gasteiger partial charge in [-0.15, -0.1) is 10.2 Å². The molecule has 2 fully saturated rings. The Balaban J connectivity index is 1.75. The molecule has 0 aromatic carbocycles. The fourth-order valence-corrected chi connectivity index (χ4v) is 4.58. The van der Waals surface area contributed by atoms with Gasteiger partial charge in [-0.25, -0.2) is 4.79 Å². The fourth-order valence-electron chi connectivity index (χ4n) is 3.54. The molecule has 0 N–H and O–H groups in total. The van der Waals surface area contributed by atoms with Gasteiger partial charge in [0.05, 0.1) is 0 Å². The van der Waals surface area contributed by atoms with Gasteiger partial charge in [0.2, 0.25) is 5.95 Å². The Labute approximate surface area is 166 Å². The van der Waals surface area contributed by atoms with Gasteiger partial charge in [-0.05, 0) is 43.4 Å². The van der Waals surface area contributed by atoms with Crippen molar-refractivity contribution in [2.45, 2.75) is 48.8 Å². The molecule has 0 atom stereocenters. The van der Waals surface area contributed by atoms with Gasteiger partial charge in [0.1, 0.15) is 16.7 Å². The predicted octanol–water partition coefficient (Wildman–Crippen LogP) is 1.27. The molecule has 28 heavy (non-hydrogen) atoms. The Bertz CT molecular complexity index is 1070. The summed E-state index contributed by atoms with van der Waals surface area (Å²) in [6.07, 6.45) is 4.37. The van der Waals surface area contributed by atoms with Crippen molar-refractivity contribution >= 4 is 17.7 Å². The minimum absolute atomic E-state index is 0.0479. The van der Waals surface area contributed by atoms with Crippen molar-refractivity contribution in [3.8, 4) is 6.07 Å². The van der Waals surface area contributed by atoms with Crippen LogP contribution in [0.1, 0.15) is 44.2 Å². The molecule has 2 aromatic rings. The molecule has 9 nitrogen and oxygen atoms in total. The highest BCUT2D eigenvalue weighted by atomic mass is 32.2. The molecule has 1 saturated carbocycles. The summed E-state index contributed by atoms with van der Waals surface area (Å²) in [4.78, 5) is 27.0. The molecule has 0 spiro atoms. The van der Waals surface area contributed by atoms with Crippen LogP contribution in [0.5, 0.6) is 0 Å². The number of nitrogens with zero attached hydrogens (tertiary/aromatic N) is 7. The van der Waals surface area contributed by atoms with Crippen LogP contribution in [-0.2, 0) is 14.1 Å². The van der Waals surface area contributed by atoms with Crippen molar-refractivity contribution < 1.29 is 0 Å². The van der Waals surface area contributed by atoms with Crippen LogP contribution >= 0.6 is 11.8 Å². The van der Waals surface area contributed by atoms with Gasteiger partial charge in [0.25, 0.3) is 5.56 Å². The zero-order valence-corrected chi connectivity index (χ0v) is 17.1. The molecule has 2 aliphatic rings. The predicted molar refractivity (Wildman–Crippen MR) is 105 cm³/mol. The van der Waals surface area contributed by atoms with Gasteiger partial charge in [0.15, 0.2) is 5.16 Å². The van der Waals surface area contributed by atoms with E-state index in [-0.39, 0.29) is 5.56 Å². The molecule has 0 bridgehead atoms. The largest absolute Gasteiger partial charge is 0.341 e. The van der Waals surface area contributed by atoms with Gasteiger partial charge in [0, 0.05) is 33.2 Å². The van der Waals surface area contributed by atoms with Crippen molar-refractivity contribution in [2.75, 3.05) is 18.0 Å².